The highest BCUT2D eigenvalue weighted by Gasteiger charge is 2.15. The van der Waals surface area contributed by atoms with Crippen molar-refractivity contribution in [1.29, 1.82) is 0 Å². The summed E-state index contributed by atoms with van der Waals surface area (Å²) in [5.41, 5.74) is 5.65. The second-order valence-corrected chi connectivity index (χ2v) is 9.99. The zero-order chi connectivity index (χ0) is 28.2. The predicted molar refractivity (Wildman–Crippen MR) is 161 cm³/mol. The standard InChI is InChI=1S/C30H36BrN5O3/c1-5-36(6-2)18-17-35(3)21-23-7-11-24(12-8-23)29(37)33-28-16-13-25(31)19-27(28)30(38)34-32-20-22-9-14-26(39-4)15-10-22/h7-16,19-20H,5-6,17-18,21H2,1-4H3,(H,33,37)(H,34,38). The van der Waals surface area contributed by atoms with Crippen LogP contribution >= 0.6 is 15.9 Å². The van der Waals surface area contributed by atoms with Crippen LogP contribution in [0.1, 0.15) is 45.7 Å². The number of hydrogen-bond donors (Lipinski definition) is 2. The molecule has 0 heterocycles. The van der Waals surface area contributed by atoms with Gasteiger partial charge in [0.25, 0.3) is 11.8 Å². The molecule has 0 bridgehead atoms. The molecule has 0 aliphatic rings. The number of methoxy groups -OCH3 is 1. The van der Waals surface area contributed by atoms with Crippen LogP contribution in [0.25, 0.3) is 0 Å². The van der Waals surface area contributed by atoms with Crippen molar-refractivity contribution in [3.8, 4) is 5.75 Å². The number of carbonyl (C=O) groups is 2. The van der Waals surface area contributed by atoms with Crippen LogP contribution in [0.3, 0.4) is 0 Å². The van der Waals surface area contributed by atoms with Crippen LogP contribution in [0.2, 0.25) is 0 Å². The average molecular weight is 595 g/mol. The van der Waals surface area contributed by atoms with Gasteiger partial charge in [0.15, 0.2) is 0 Å². The third kappa shape index (κ3) is 9.31. The molecule has 3 rings (SSSR count). The lowest BCUT2D eigenvalue weighted by molar-refractivity contribution is 0.0956. The number of likely N-dealkylation sites (N-methyl/N-ethyl adjacent to an activating group) is 2. The second kappa shape index (κ2) is 15.2. The third-order valence-corrected chi connectivity index (χ3v) is 6.82. The minimum Gasteiger partial charge on any atom is -0.497 e. The first-order valence-corrected chi connectivity index (χ1v) is 13.7. The van der Waals surface area contributed by atoms with E-state index in [2.05, 4.69) is 62.5 Å². The van der Waals surface area contributed by atoms with E-state index < -0.39 is 5.91 Å². The molecule has 0 saturated carbocycles. The molecule has 0 aliphatic heterocycles. The van der Waals surface area contributed by atoms with E-state index in [0.717, 1.165) is 49.6 Å². The van der Waals surface area contributed by atoms with Crippen molar-refractivity contribution in [2.75, 3.05) is 45.7 Å². The zero-order valence-corrected chi connectivity index (χ0v) is 24.5. The summed E-state index contributed by atoms with van der Waals surface area (Å²) in [6.45, 7) is 9.25. The summed E-state index contributed by atoms with van der Waals surface area (Å²) in [6.07, 6.45) is 1.54. The maximum atomic E-state index is 13.0. The van der Waals surface area contributed by atoms with Gasteiger partial charge in [-0.1, -0.05) is 41.9 Å². The van der Waals surface area contributed by atoms with Crippen LogP contribution in [0.4, 0.5) is 5.69 Å². The molecule has 0 saturated heterocycles. The third-order valence-electron chi connectivity index (χ3n) is 6.33. The van der Waals surface area contributed by atoms with Gasteiger partial charge in [-0.2, -0.15) is 5.10 Å². The fraction of sp³-hybridized carbons (Fsp3) is 0.300. The lowest BCUT2D eigenvalue weighted by atomic mass is 10.1. The number of nitrogens with one attached hydrogen (secondary N) is 2. The van der Waals surface area contributed by atoms with E-state index >= 15 is 0 Å². The molecule has 2 N–H and O–H groups in total. The largest absolute Gasteiger partial charge is 0.497 e. The van der Waals surface area contributed by atoms with Crippen molar-refractivity contribution < 1.29 is 14.3 Å². The monoisotopic (exact) mass is 593 g/mol. The molecule has 3 aromatic rings. The summed E-state index contributed by atoms with van der Waals surface area (Å²) in [5.74, 6) is -0.00689. The molecule has 8 nitrogen and oxygen atoms in total. The molecule has 0 radical (unpaired) electrons. The quantitative estimate of drug-likeness (QED) is 0.209. The Bertz CT molecular complexity index is 1260. The van der Waals surface area contributed by atoms with Crippen LogP contribution in [-0.2, 0) is 6.54 Å². The number of benzene rings is 3. The van der Waals surface area contributed by atoms with Crippen LogP contribution in [0.15, 0.2) is 76.3 Å². The number of carbonyl (C=O) groups excluding carboxylic acids is 2. The Labute approximate surface area is 239 Å². The maximum Gasteiger partial charge on any atom is 0.273 e. The minimum atomic E-state index is -0.445. The Morgan fingerprint density at radius 1 is 0.949 bits per heavy atom. The van der Waals surface area contributed by atoms with Gasteiger partial charge in [0, 0.05) is 29.7 Å². The maximum absolute atomic E-state index is 13.0. The molecule has 0 unspecified atom stereocenters. The van der Waals surface area contributed by atoms with Gasteiger partial charge in [-0.05, 0) is 85.9 Å². The topological polar surface area (TPSA) is 86.3 Å². The van der Waals surface area contributed by atoms with Crippen LogP contribution in [0, 0.1) is 0 Å². The Morgan fingerprint density at radius 2 is 1.64 bits per heavy atom. The number of anilines is 1. The van der Waals surface area contributed by atoms with Crippen molar-refractivity contribution >= 4 is 39.6 Å². The molecule has 0 aromatic heterocycles. The van der Waals surface area contributed by atoms with E-state index in [0.29, 0.717) is 15.7 Å². The number of hydrogen-bond acceptors (Lipinski definition) is 6. The van der Waals surface area contributed by atoms with Gasteiger partial charge in [0.2, 0.25) is 0 Å². The first kappa shape index (κ1) is 30.0. The van der Waals surface area contributed by atoms with Gasteiger partial charge in [-0.15, -0.1) is 0 Å². The highest BCUT2D eigenvalue weighted by molar-refractivity contribution is 9.10. The molecule has 0 atom stereocenters. The van der Waals surface area contributed by atoms with Gasteiger partial charge < -0.3 is 19.9 Å². The molecule has 3 aromatic carbocycles. The predicted octanol–water partition coefficient (Wildman–Crippen LogP) is 5.25. The highest BCUT2D eigenvalue weighted by Crippen LogP contribution is 2.22. The molecule has 9 heteroatoms. The Morgan fingerprint density at radius 3 is 2.28 bits per heavy atom. The summed E-state index contributed by atoms with van der Waals surface area (Å²) >= 11 is 3.40. The summed E-state index contributed by atoms with van der Waals surface area (Å²) < 4.78 is 5.85. The molecule has 39 heavy (non-hydrogen) atoms. The lowest BCUT2D eigenvalue weighted by Crippen LogP contribution is -2.32. The lowest BCUT2D eigenvalue weighted by Gasteiger charge is -2.23. The van der Waals surface area contributed by atoms with Crippen LogP contribution in [-0.4, -0.2) is 68.2 Å². The molecule has 2 amide bonds. The van der Waals surface area contributed by atoms with E-state index in [-0.39, 0.29) is 11.5 Å². The van der Waals surface area contributed by atoms with Crippen molar-refractivity contribution in [3.63, 3.8) is 0 Å². The minimum absolute atomic E-state index is 0.288. The molecular weight excluding hydrogens is 558 g/mol. The van der Waals surface area contributed by atoms with Crippen LogP contribution < -0.4 is 15.5 Å². The summed E-state index contributed by atoms with van der Waals surface area (Å²) in [6, 6.07) is 19.9. The fourth-order valence-electron chi connectivity index (χ4n) is 3.93. The van der Waals surface area contributed by atoms with E-state index in [1.165, 1.54) is 6.21 Å². The number of hydrazone groups is 1. The first-order valence-electron chi connectivity index (χ1n) is 12.9. The zero-order valence-electron chi connectivity index (χ0n) is 22.9. The molecular formula is C30H36BrN5O3. The van der Waals surface area contributed by atoms with Crippen molar-refractivity contribution in [2.45, 2.75) is 20.4 Å². The fourth-order valence-corrected chi connectivity index (χ4v) is 4.29. The number of amides is 2. The molecule has 0 fully saturated rings. The van der Waals surface area contributed by atoms with Crippen molar-refractivity contribution in [2.24, 2.45) is 5.10 Å². The second-order valence-electron chi connectivity index (χ2n) is 9.08. The summed E-state index contributed by atoms with van der Waals surface area (Å²) in [5, 5.41) is 6.91. The molecule has 0 spiro atoms. The van der Waals surface area contributed by atoms with Gasteiger partial charge in [-0.3, -0.25) is 9.59 Å². The number of nitrogens with zero attached hydrogens (tertiary/aromatic N) is 3. The molecule has 0 aliphatic carbocycles. The summed E-state index contributed by atoms with van der Waals surface area (Å²) in [7, 11) is 3.70. The van der Waals surface area contributed by atoms with E-state index in [1.807, 2.05) is 36.4 Å². The average Bonchev–Trinajstić information content (AvgIpc) is 2.95. The van der Waals surface area contributed by atoms with E-state index in [1.54, 1.807) is 37.4 Å². The normalized spacial score (nSPS) is 11.3. The van der Waals surface area contributed by atoms with E-state index in [4.69, 9.17) is 4.74 Å². The van der Waals surface area contributed by atoms with Gasteiger partial charge >= 0.3 is 0 Å². The number of ether oxygens (including phenoxy) is 1. The Balaban J connectivity index is 1.61. The number of rotatable bonds is 13. The van der Waals surface area contributed by atoms with E-state index in [9.17, 15) is 9.59 Å². The SMILES string of the molecule is CCN(CC)CCN(C)Cc1ccc(C(=O)Nc2ccc(Br)cc2C(=O)NN=Cc2ccc(OC)cc2)cc1. The van der Waals surface area contributed by atoms with Crippen molar-refractivity contribution in [1.82, 2.24) is 15.2 Å². The van der Waals surface area contributed by atoms with Gasteiger partial charge in [0.1, 0.15) is 5.75 Å². The van der Waals surface area contributed by atoms with Crippen LogP contribution in [0.5, 0.6) is 5.75 Å². The van der Waals surface area contributed by atoms with Crippen molar-refractivity contribution in [3.05, 3.63) is 93.5 Å². The molecule has 206 valence electrons. The number of halogens is 1. The Kier molecular flexibility index (Phi) is 11.7. The highest BCUT2D eigenvalue weighted by atomic mass is 79.9. The van der Waals surface area contributed by atoms with Gasteiger partial charge in [-0.25, -0.2) is 5.43 Å². The van der Waals surface area contributed by atoms with Gasteiger partial charge in [0.05, 0.1) is 24.6 Å². The first-order chi connectivity index (χ1) is 18.8. The smallest absolute Gasteiger partial charge is 0.273 e. The Hall–Kier alpha value is -3.53. The summed E-state index contributed by atoms with van der Waals surface area (Å²) in [4.78, 5) is 30.5.